The summed E-state index contributed by atoms with van der Waals surface area (Å²) in [5.74, 6) is 4.12. The summed E-state index contributed by atoms with van der Waals surface area (Å²) in [6.07, 6.45) is 6.81. The second-order valence-corrected chi connectivity index (χ2v) is 8.46. The number of rotatable bonds is 15. The number of benzene rings is 2. The van der Waals surface area contributed by atoms with Crippen LogP contribution in [0.3, 0.4) is 0 Å². The van der Waals surface area contributed by atoms with Crippen LogP contribution in [0.2, 0.25) is 0 Å². The molecule has 0 aliphatic heterocycles. The maximum absolute atomic E-state index is 9.27. The van der Waals surface area contributed by atoms with E-state index in [0.29, 0.717) is 19.1 Å². The molecule has 0 saturated heterocycles. The standard InChI is InChI=1S/C26H38O4/c1-21(2)8-4-6-18-29-25-14-16-26(17-15-25)30-20-22(3)9-5-7-19-28-24-12-10-23(27)11-13-24/h10-17,21-22,27H,4-9,18-20H2,1-3H3. The molecule has 0 fully saturated rings. The highest BCUT2D eigenvalue weighted by molar-refractivity contribution is 5.31. The third kappa shape index (κ3) is 10.4. The summed E-state index contributed by atoms with van der Waals surface area (Å²) in [6, 6.07) is 14.8. The molecule has 30 heavy (non-hydrogen) atoms. The van der Waals surface area contributed by atoms with Crippen LogP contribution in [-0.4, -0.2) is 24.9 Å². The van der Waals surface area contributed by atoms with Gasteiger partial charge in [-0.2, -0.15) is 0 Å². The molecule has 1 N–H and O–H groups in total. The first-order chi connectivity index (χ1) is 14.5. The zero-order valence-electron chi connectivity index (χ0n) is 18.8. The van der Waals surface area contributed by atoms with Crippen LogP contribution in [0.5, 0.6) is 23.0 Å². The Morgan fingerprint density at radius 1 is 0.633 bits per heavy atom. The lowest BCUT2D eigenvalue weighted by Crippen LogP contribution is -2.09. The first kappa shape index (κ1) is 23.9. The number of hydrogen-bond acceptors (Lipinski definition) is 4. The quantitative estimate of drug-likeness (QED) is 0.323. The van der Waals surface area contributed by atoms with E-state index in [-0.39, 0.29) is 5.75 Å². The molecule has 1 unspecified atom stereocenters. The van der Waals surface area contributed by atoms with Gasteiger partial charge in [-0.1, -0.05) is 27.2 Å². The number of phenolic OH excluding ortho intramolecular Hbond substituents is 1. The summed E-state index contributed by atoms with van der Waals surface area (Å²) < 4.78 is 17.4. The fraction of sp³-hybridized carbons (Fsp3) is 0.538. The van der Waals surface area contributed by atoms with E-state index in [1.165, 1.54) is 12.8 Å². The van der Waals surface area contributed by atoms with Gasteiger partial charge >= 0.3 is 0 Å². The number of aromatic hydroxyl groups is 1. The second-order valence-electron chi connectivity index (χ2n) is 8.46. The molecular formula is C26H38O4. The number of hydrogen-bond donors (Lipinski definition) is 1. The van der Waals surface area contributed by atoms with E-state index in [1.54, 1.807) is 24.3 Å². The fourth-order valence-corrected chi connectivity index (χ4v) is 3.13. The smallest absolute Gasteiger partial charge is 0.119 e. The van der Waals surface area contributed by atoms with Crippen molar-refractivity contribution in [3.8, 4) is 23.0 Å². The first-order valence-corrected chi connectivity index (χ1v) is 11.3. The van der Waals surface area contributed by atoms with E-state index in [0.717, 1.165) is 55.5 Å². The lowest BCUT2D eigenvalue weighted by atomic mass is 10.1. The minimum absolute atomic E-state index is 0.260. The maximum Gasteiger partial charge on any atom is 0.119 e. The molecule has 2 rings (SSSR count). The molecule has 0 heterocycles. The maximum atomic E-state index is 9.27. The van der Waals surface area contributed by atoms with Crippen molar-refractivity contribution in [2.24, 2.45) is 11.8 Å². The molecule has 4 nitrogen and oxygen atoms in total. The minimum Gasteiger partial charge on any atom is -0.508 e. The Kier molecular flexibility index (Phi) is 11.0. The summed E-state index contributed by atoms with van der Waals surface area (Å²) in [4.78, 5) is 0. The number of phenols is 1. The number of ether oxygens (including phenoxy) is 3. The van der Waals surface area contributed by atoms with Crippen LogP contribution < -0.4 is 14.2 Å². The average Bonchev–Trinajstić information content (AvgIpc) is 2.74. The molecule has 0 radical (unpaired) electrons. The highest BCUT2D eigenvalue weighted by Gasteiger charge is 2.05. The summed E-state index contributed by atoms with van der Waals surface area (Å²) >= 11 is 0. The SMILES string of the molecule is CC(C)CCCCOc1ccc(OCC(C)CCCCOc2ccc(O)cc2)cc1. The monoisotopic (exact) mass is 414 g/mol. The zero-order valence-corrected chi connectivity index (χ0v) is 18.8. The Labute approximate surface area is 182 Å². The van der Waals surface area contributed by atoms with Crippen molar-refractivity contribution >= 4 is 0 Å². The van der Waals surface area contributed by atoms with Gasteiger partial charge in [-0.15, -0.1) is 0 Å². The molecule has 0 saturated carbocycles. The predicted octanol–water partition coefficient (Wildman–Crippen LogP) is 6.86. The highest BCUT2D eigenvalue weighted by Crippen LogP contribution is 2.20. The molecule has 0 aromatic heterocycles. The molecule has 0 bridgehead atoms. The van der Waals surface area contributed by atoms with Crippen LogP contribution in [0.4, 0.5) is 0 Å². The van der Waals surface area contributed by atoms with Gasteiger partial charge < -0.3 is 19.3 Å². The molecule has 2 aromatic carbocycles. The lowest BCUT2D eigenvalue weighted by molar-refractivity contribution is 0.241. The third-order valence-electron chi connectivity index (χ3n) is 5.00. The van der Waals surface area contributed by atoms with Gasteiger partial charge in [0, 0.05) is 0 Å². The predicted molar refractivity (Wildman–Crippen MR) is 123 cm³/mol. The van der Waals surface area contributed by atoms with Gasteiger partial charge in [0.2, 0.25) is 0 Å². The number of unbranched alkanes of at least 4 members (excludes halogenated alkanes) is 2. The molecule has 0 aliphatic rings. The van der Waals surface area contributed by atoms with E-state index in [1.807, 2.05) is 24.3 Å². The van der Waals surface area contributed by atoms with Gasteiger partial charge in [-0.25, -0.2) is 0 Å². The van der Waals surface area contributed by atoms with Crippen molar-refractivity contribution in [1.29, 1.82) is 0 Å². The largest absolute Gasteiger partial charge is 0.508 e. The van der Waals surface area contributed by atoms with Gasteiger partial charge in [-0.3, -0.25) is 0 Å². The van der Waals surface area contributed by atoms with Crippen molar-refractivity contribution < 1.29 is 19.3 Å². The van der Waals surface area contributed by atoms with Crippen LogP contribution >= 0.6 is 0 Å². The molecule has 1 atom stereocenters. The summed E-state index contributed by atoms with van der Waals surface area (Å²) in [6.45, 7) is 8.92. The van der Waals surface area contributed by atoms with Crippen LogP contribution in [0.25, 0.3) is 0 Å². The van der Waals surface area contributed by atoms with E-state index < -0.39 is 0 Å². The molecule has 0 aliphatic carbocycles. The summed E-state index contributed by atoms with van der Waals surface area (Å²) in [5, 5.41) is 9.27. The third-order valence-corrected chi connectivity index (χ3v) is 5.00. The van der Waals surface area contributed by atoms with Gasteiger partial charge in [0.05, 0.1) is 19.8 Å². The van der Waals surface area contributed by atoms with Crippen LogP contribution in [0, 0.1) is 11.8 Å². The average molecular weight is 415 g/mol. The van der Waals surface area contributed by atoms with Crippen LogP contribution in [0.15, 0.2) is 48.5 Å². The van der Waals surface area contributed by atoms with E-state index in [2.05, 4.69) is 20.8 Å². The van der Waals surface area contributed by atoms with E-state index >= 15 is 0 Å². The van der Waals surface area contributed by atoms with E-state index in [9.17, 15) is 5.11 Å². The Morgan fingerprint density at radius 2 is 1.10 bits per heavy atom. The van der Waals surface area contributed by atoms with Crippen LogP contribution in [0.1, 0.15) is 59.3 Å². The van der Waals surface area contributed by atoms with Crippen molar-refractivity contribution in [3.05, 3.63) is 48.5 Å². The van der Waals surface area contributed by atoms with Gasteiger partial charge in [0.15, 0.2) is 0 Å². The lowest BCUT2D eigenvalue weighted by Gasteiger charge is -2.14. The minimum atomic E-state index is 0.260. The van der Waals surface area contributed by atoms with Crippen LogP contribution in [-0.2, 0) is 0 Å². The molecule has 0 amide bonds. The Hall–Kier alpha value is -2.36. The fourth-order valence-electron chi connectivity index (χ4n) is 3.13. The van der Waals surface area contributed by atoms with Gasteiger partial charge in [-0.05, 0) is 92.5 Å². The normalized spacial score (nSPS) is 12.0. The van der Waals surface area contributed by atoms with Crippen molar-refractivity contribution in [2.75, 3.05) is 19.8 Å². The Balaban J connectivity index is 1.52. The first-order valence-electron chi connectivity index (χ1n) is 11.3. The Bertz CT molecular complexity index is 679. The molecule has 166 valence electrons. The van der Waals surface area contributed by atoms with Gasteiger partial charge in [0.1, 0.15) is 23.0 Å². The molecule has 0 spiro atoms. The topological polar surface area (TPSA) is 47.9 Å². The molecule has 4 heteroatoms. The van der Waals surface area contributed by atoms with Gasteiger partial charge in [0.25, 0.3) is 0 Å². The second kappa shape index (κ2) is 13.8. The zero-order chi connectivity index (χ0) is 21.6. The van der Waals surface area contributed by atoms with Crippen molar-refractivity contribution in [3.63, 3.8) is 0 Å². The summed E-state index contributed by atoms with van der Waals surface area (Å²) in [7, 11) is 0. The van der Waals surface area contributed by atoms with Crippen molar-refractivity contribution in [2.45, 2.75) is 59.3 Å². The summed E-state index contributed by atoms with van der Waals surface area (Å²) in [5.41, 5.74) is 0. The Morgan fingerprint density at radius 3 is 1.63 bits per heavy atom. The molecular weight excluding hydrogens is 376 g/mol. The van der Waals surface area contributed by atoms with E-state index in [4.69, 9.17) is 14.2 Å². The van der Waals surface area contributed by atoms with Crippen molar-refractivity contribution in [1.82, 2.24) is 0 Å². The molecule has 2 aromatic rings. The highest BCUT2D eigenvalue weighted by atomic mass is 16.5.